The van der Waals surface area contributed by atoms with Crippen LogP contribution in [0.3, 0.4) is 0 Å². The fourth-order valence-electron chi connectivity index (χ4n) is 5.55. The van der Waals surface area contributed by atoms with Gasteiger partial charge in [-0.25, -0.2) is 0 Å². The van der Waals surface area contributed by atoms with Crippen LogP contribution in [0, 0.1) is 0 Å². The number of rotatable bonds is 10. The first-order chi connectivity index (χ1) is 25.5. The fourth-order valence-corrected chi connectivity index (χ4v) is 6.95. The van der Waals surface area contributed by atoms with Crippen molar-refractivity contribution in [1.82, 2.24) is 9.97 Å². The van der Waals surface area contributed by atoms with E-state index in [-0.39, 0.29) is 73.3 Å². The van der Waals surface area contributed by atoms with Crippen LogP contribution < -0.4 is 0 Å². The van der Waals surface area contributed by atoms with Crippen LogP contribution in [0.15, 0.2) is 115 Å². The van der Waals surface area contributed by atoms with Gasteiger partial charge in [0, 0.05) is 34.8 Å². The van der Waals surface area contributed by atoms with Crippen molar-refractivity contribution in [3.63, 3.8) is 0 Å². The van der Waals surface area contributed by atoms with Gasteiger partial charge in [-0.1, -0.05) is 36.4 Å². The van der Waals surface area contributed by atoms with Gasteiger partial charge in [0.25, 0.3) is 20.2 Å². The highest BCUT2D eigenvalue weighted by atomic mass is 32.2. The van der Waals surface area contributed by atoms with E-state index >= 15 is 0 Å². The zero-order chi connectivity index (χ0) is 38.9. The molecule has 6 rings (SSSR count). The lowest BCUT2D eigenvalue weighted by Gasteiger charge is -2.08. The molecule has 0 bridgehead atoms. The Bertz CT molecular complexity index is 2870. The second kappa shape index (κ2) is 14.4. The van der Waals surface area contributed by atoms with E-state index in [0.29, 0.717) is 10.8 Å². The molecule has 272 valence electrons. The van der Waals surface area contributed by atoms with Crippen LogP contribution in [0.25, 0.3) is 34.0 Å². The summed E-state index contributed by atoms with van der Waals surface area (Å²) >= 11 is 0. The molecule has 6 aromatic rings. The first-order valence-electron chi connectivity index (χ1n) is 15.5. The molecule has 0 aliphatic rings. The number of aromatic nitrogens is 2. The second-order valence-electron chi connectivity index (χ2n) is 11.6. The Morgan fingerprint density at radius 1 is 0.630 bits per heavy atom. The summed E-state index contributed by atoms with van der Waals surface area (Å²) in [4.78, 5) is 31.6. The van der Waals surface area contributed by atoms with E-state index in [1.165, 1.54) is 74.8 Å². The molecule has 0 atom stereocenters. The van der Waals surface area contributed by atoms with Crippen molar-refractivity contribution < 1.29 is 45.7 Å². The number of carbonyl (C=O) groups is 2. The standard InChI is InChI=1S/C36H26N6O10S2/c1-19(43)27-17-29(36(46)35-25(27)5-3-14-38-35)42-40-24-12-10-22(32(16-24)54(50,51)52)8-7-21-9-11-23(15-31(21)53(47,48)49)39-41-28-18-30(45)34-26(6-4-13-37-34)33(28)20(2)44/h3-18,45-46H,1-2H3,(H,47,48,49)(H,50,51,52). The maximum Gasteiger partial charge on any atom is 0.295 e. The van der Waals surface area contributed by atoms with Gasteiger partial charge >= 0.3 is 0 Å². The number of fused-ring (bicyclic) bond motifs is 2. The molecule has 0 spiro atoms. The Balaban J connectivity index is 1.34. The molecule has 2 aromatic heterocycles. The normalized spacial score (nSPS) is 12.4. The van der Waals surface area contributed by atoms with E-state index in [2.05, 4.69) is 30.4 Å². The summed E-state index contributed by atoms with van der Waals surface area (Å²) in [5.41, 5.74) is 0.0789. The predicted octanol–water partition coefficient (Wildman–Crippen LogP) is 8.09. The number of phenolic OH excluding ortho intramolecular Hbond substituents is 2. The molecule has 0 saturated heterocycles. The van der Waals surface area contributed by atoms with Crippen molar-refractivity contribution in [3.8, 4) is 11.5 Å². The molecule has 0 saturated carbocycles. The molecule has 0 aliphatic carbocycles. The van der Waals surface area contributed by atoms with Gasteiger partial charge in [0.05, 0.1) is 16.9 Å². The number of hydrogen-bond acceptors (Lipinski definition) is 14. The molecular formula is C36H26N6O10S2. The third kappa shape index (κ3) is 7.62. The molecule has 54 heavy (non-hydrogen) atoms. The van der Waals surface area contributed by atoms with Gasteiger partial charge in [-0.3, -0.25) is 28.7 Å². The molecule has 4 N–H and O–H groups in total. The summed E-state index contributed by atoms with van der Waals surface area (Å²) in [5, 5.41) is 37.9. The Morgan fingerprint density at radius 2 is 1.15 bits per heavy atom. The topological polar surface area (TPSA) is 259 Å². The first-order valence-corrected chi connectivity index (χ1v) is 18.4. The van der Waals surface area contributed by atoms with E-state index in [0.717, 1.165) is 12.1 Å². The molecule has 0 amide bonds. The van der Waals surface area contributed by atoms with E-state index in [1.807, 2.05) is 0 Å². The third-order valence-electron chi connectivity index (χ3n) is 7.97. The number of azo groups is 2. The third-order valence-corrected chi connectivity index (χ3v) is 9.78. The van der Waals surface area contributed by atoms with Gasteiger partial charge in [0.1, 0.15) is 37.9 Å². The number of carbonyl (C=O) groups excluding carboxylic acids is 2. The van der Waals surface area contributed by atoms with Crippen LogP contribution in [-0.4, -0.2) is 57.7 Å². The van der Waals surface area contributed by atoms with Crippen LogP contribution in [-0.2, 0) is 20.2 Å². The number of pyridine rings is 2. The lowest BCUT2D eigenvalue weighted by atomic mass is 10.0. The van der Waals surface area contributed by atoms with Gasteiger partial charge in [0.2, 0.25) is 0 Å². The van der Waals surface area contributed by atoms with E-state index in [1.54, 1.807) is 24.3 Å². The van der Waals surface area contributed by atoms with Crippen molar-refractivity contribution in [1.29, 1.82) is 0 Å². The predicted molar refractivity (Wildman–Crippen MR) is 197 cm³/mol. The number of phenols is 2. The monoisotopic (exact) mass is 766 g/mol. The summed E-state index contributed by atoms with van der Waals surface area (Å²) in [6.45, 7) is 2.62. The number of benzene rings is 4. The molecule has 16 nitrogen and oxygen atoms in total. The molecule has 0 fully saturated rings. The molecule has 0 aliphatic heterocycles. The largest absolute Gasteiger partial charge is 0.506 e. The lowest BCUT2D eigenvalue weighted by Crippen LogP contribution is -2.01. The van der Waals surface area contributed by atoms with Gasteiger partial charge < -0.3 is 10.2 Å². The fraction of sp³-hybridized carbons (Fsp3) is 0.0556. The van der Waals surface area contributed by atoms with Gasteiger partial charge in [0.15, 0.2) is 17.3 Å². The van der Waals surface area contributed by atoms with Crippen molar-refractivity contribution in [2.24, 2.45) is 20.5 Å². The van der Waals surface area contributed by atoms with E-state index in [4.69, 9.17) is 0 Å². The Morgan fingerprint density at radius 3 is 1.67 bits per heavy atom. The van der Waals surface area contributed by atoms with Gasteiger partial charge in [-0.05, 0) is 67.4 Å². The lowest BCUT2D eigenvalue weighted by molar-refractivity contribution is 0.101. The zero-order valence-corrected chi connectivity index (χ0v) is 29.6. The van der Waals surface area contributed by atoms with Crippen molar-refractivity contribution >= 4 is 88.5 Å². The highest BCUT2D eigenvalue weighted by molar-refractivity contribution is 7.86. The Labute approximate surface area is 306 Å². The quantitative estimate of drug-likeness (QED) is 0.0446. The number of hydrogen-bond donors (Lipinski definition) is 4. The average molecular weight is 767 g/mol. The maximum atomic E-state index is 12.5. The van der Waals surface area contributed by atoms with Gasteiger partial charge in [-0.2, -0.15) is 27.1 Å². The number of Topliss-reactive ketones (excluding diaryl/α,β-unsaturated/α-hetero) is 2. The van der Waals surface area contributed by atoms with E-state index in [9.17, 15) is 45.7 Å². The van der Waals surface area contributed by atoms with Crippen molar-refractivity contribution in [2.45, 2.75) is 23.6 Å². The Kier molecular flexibility index (Phi) is 9.93. The second-order valence-corrected chi connectivity index (χ2v) is 14.4. The van der Waals surface area contributed by atoms with E-state index < -0.39 is 35.8 Å². The minimum absolute atomic E-state index is 0.0227. The maximum absolute atomic E-state index is 12.5. The van der Waals surface area contributed by atoms with Crippen LogP contribution in [0.2, 0.25) is 0 Å². The first kappa shape index (κ1) is 37.2. The average Bonchev–Trinajstić information content (AvgIpc) is 3.12. The zero-order valence-electron chi connectivity index (χ0n) is 28.0. The summed E-state index contributed by atoms with van der Waals surface area (Å²) < 4.78 is 69.7. The molecule has 4 aromatic carbocycles. The molecule has 18 heteroatoms. The summed E-state index contributed by atoms with van der Waals surface area (Å²) in [5.74, 6) is -1.36. The smallest absolute Gasteiger partial charge is 0.295 e. The van der Waals surface area contributed by atoms with Crippen LogP contribution >= 0.6 is 0 Å². The van der Waals surface area contributed by atoms with Crippen molar-refractivity contribution in [2.75, 3.05) is 0 Å². The SMILES string of the molecule is CC(=O)c1cc(N=Nc2ccc(C=Cc3ccc(N=Nc4cc(O)c5ncccc5c4C(C)=O)cc3S(=O)(=O)O)c(S(=O)(=O)O)c2)c(O)c2ncccc12. The van der Waals surface area contributed by atoms with Crippen LogP contribution in [0.4, 0.5) is 22.7 Å². The number of ketones is 2. The Hall–Kier alpha value is -6.60. The summed E-state index contributed by atoms with van der Waals surface area (Å²) in [7, 11) is -9.80. The molecule has 2 heterocycles. The highest BCUT2D eigenvalue weighted by Gasteiger charge is 2.20. The number of nitrogens with zero attached hydrogens (tertiary/aromatic N) is 6. The summed E-state index contributed by atoms with van der Waals surface area (Å²) in [6, 6.07) is 15.9. The summed E-state index contributed by atoms with van der Waals surface area (Å²) in [6.07, 6.45) is 5.19. The van der Waals surface area contributed by atoms with Crippen molar-refractivity contribution in [3.05, 3.63) is 107 Å². The highest BCUT2D eigenvalue weighted by Crippen LogP contribution is 2.38. The molecular weight excluding hydrogens is 741 g/mol. The van der Waals surface area contributed by atoms with Crippen LogP contribution in [0.5, 0.6) is 11.5 Å². The van der Waals surface area contributed by atoms with Gasteiger partial charge in [-0.15, -0.1) is 10.2 Å². The minimum atomic E-state index is -4.90. The molecule has 0 radical (unpaired) electrons. The minimum Gasteiger partial charge on any atom is -0.506 e. The van der Waals surface area contributed by atoms with Crippen LogP contribution in [0.1, 0.15) is 45.7 Å². The molecule has 0 unspecified atom stereocenters. The number of aromatic hydroxyl groups is 2.